The molecule has 40 heavy (non-hydrogen) atoms. The van der Waals surface area contributed by atoms with Gasteiger partial charge in [-0.1, -0.05) is 0 Å². The molecule has 0 amide bonds. The van der Waals surface area contributed by atoms with Gasteiger partial charge in [0.1, 0.15) is 12.5 Å². The molecule has 0 radical (unpaired) electrons. The van der Waals surface area contributed by atoms with E-state index in [9.17, 15) is 34.1 Å². The van der Waals surface area contributed by atoms with Crippen LogP contribution in [0.15, 0.2) is 5.10 Å². The van der Waals surface area contributed by atoms with Gasteiger partial charge in [-0.2, -0.15) is 5.10 Å². The highest BCUT2D eigenvalue weighted by molar-refractivity contribution is 5.70. The molecule has 226 valence electrons. The zero-order valence-corrected chi connectivity index (χ0v) is 23.4. The Labute approximate surface area is 231 Å². The van der Waals surface area contributed by atoms with Crippen LogP contribution in [-0.2, 0) is 52.4 Å². The minimum absolute atomic E-state index is 0.0974. The lowest BCUT2D eigenvalue weighted by Gasteiger charge is -2.36. The second-order valence-corrected chi connectivity index (χ2v) is 9.03. The van der Waals surface area contributed by atoms with Gasteiger partial charge in [0.25, 0.3) is 0 Å². The van der Waals surface area contributed by atoms with Gasteiger partial charge in [-0.05, 0) is 12.8 Å². The van der Waals surface area contributed by atoms with Crippen LogP contribution >= 0.6 is 0 Å². The number of esters is 5. The van der Waals surface area contributed by atoms with Gasteiger partial charge in [-0.25, -0.2) is 0 Å². The summed E-state index contributed by atoms with van der Waals surface area (Å²) in [6, 6.07) is -0.0974. The number of ether oxygens (including phenoxy) is 6. The molecule has 1 heterocycles. The molecule has 0 bridgehead atoms. The summed E-state index contributed by atoms with van der Waals surface area (Å²) in [7, 11) is 1.53. The van der Waals surface area contributed by atoms with Crippen LogP contribution in [0.2, 0.25) is 0 Å². The lowest BCUT2D eigenvalue weighted by atomic mass is 9.92. The zero-order chi connectivity index (χ0) is 30.4. The molecular formula is C24H37N3O13. The highest BCUT2D eigenvalue weighted by atomic mass is 16.6. The Morgan fingerprint density at radius 2 is 1.45 bits per heavy atom. The molecule has 16 heteroatoms. The van der Waals surface area contributed by atoms with E-state index in [0.29, 0.717) is 13.2 Å². The standard InChI is InChI=1S/C24H37N3O13/c1-14(28)36-13-21(37-15(2)29)23(39-17(4)31)24(40-18(5)32)22(38-16(3)30)19(11-27(33)34)10-25-26-9-7-8-20(26)12-35-6/h10,19-24H,7-9,11-13H2,1-6H3/b25-10+/t19-,20+,21+,22+,23-,24+/m0/s1. The number of carbonyl (C=O) groups excluding carboxylic acids is 5. The van der Waals surface area contributed by atoms with E-state index in [1.165, 1.54) is 13.3 Å². The molecule has 0 saturated carbocycles. The number of nitrogens with zero attached hydrogens (tertiary/aromatic N) is 3. The Bertz CT molecular complexity index is 941. The van der Waals surface area contributed by atoms with Gasteiger partial charge in [0.2, 0.25) is 6.54 Å². The summed E-state index contributed by atoms with van der Waals surface area (Å²) in [5.74, 6) is -5.74. The first-order valence-electron chi connectivity index (χ1n) is 12.5. The van der Waals surface area contributed by atoms with E-state index < -0.39 is 78.3 Å². The summed E-state index contributed by atoms with van der Waals surface area (Å²) < 4.78 is 31.5. The molecule has 1 saturated heterocycles. The zero-order valence-electron chi connectivity index (χ0n) is 23.4. The van der Waals surface area contributed by atoms with Crippen LogP contribution in [0.5, 0.6) is 0 Å². The average molecular weight is 576 g/mol. The van der Waals surface area contributed by atoms with Crippen molar-refractivity contribution >= 4 is 36.1 Å². The second-order valence-electron chi connectivity index (χ2n) is 9.03. The molecule has 1 fully saturated rings. The molecule has 16 nitrogen and oxygen atoms in total. The predicted octanol–water partition coefficient (Wildman–Crippen LogP) is 0.266. The van der Waals surface area contributed by atoms with E-state index in [1.807, 2.05) is 0 Å². The molecule has 6 atom stereocenters. The summed E-state index contributed by atoms with van der Waals surface area (Å²) in [5.41, 5.74) is 0. The first kappa shape index (κ1) is 34.2. The first-order valence-corrected chi connectivity index (χ1v) is 12.5. The summed E-state index contributed by atoms with van der Waals surface area (Å²) >= 11 is 0. The third-order valence-electron chi connectivity index (χ3n) is 5.58. The predicted molar refractivity (Wildman–Crippen MR) is 134 cm³/mol. The Kier molecular flexibility index (Phi) is 14.5. The van der Waals surface area contributed by atoms with E-state index in [4.69, 9.17) is 28.4 Å². The summed E-state index contributed by atoms with van der Waals surface area (Å²) in [6.45, 7) is 4.57. The van der Waals surface area contributed by atoms with Crippen molar-refractivity contribution in [2.45, 2.75) is 77.9 Å². The maximum Gasteiger partial charge on any atom is 0.303 e. The maximum absolute atomic E-state index is 12.2. The number of hydrazone groups is 1. The Hall–Kier alpha value is -3.82. The van der Waals surface area contributed by atoms with Crippen molar-refractivity contribution in [2.24, 2.45) is 11.0 Å². The number of hydrogen-bond donors (Lipinski definition) is 0. The molecule has 1 aliphatic heterocycles. The van der Waals surface area contributed by atoms with Crippen molar-refractivity contribution in [3.63, 3.8) is 0 Å². The molecule has 1 rings (SSSR count). The molecule has 0 aromatic carbocycles. The lowest BCUT2D eigenvalue weighted by Crippen LogP contribution is -2.56. The van der Waals surface area contributed by atoms with E-state index in [0.717, 1.165) is 47.5 Å². The van der Waals surface area contributed by atoms with Crippen LogP contribution in [0.1, 0.15) is 47.5 Å². The molecule has 0 aromatic heterocycles. The third-order valence-corrected chi connectivity index (χ3v) is 5.58. The summed E-state index contributed by atoms with van der Waals surface area (Å²) in [6.07, 6.45) is -3.92. The van der Waals surface area contributed by atoms with Gasteiger partial charge in [-0.3, -0.25) is 39.1 Å². The fourth-order valence-corrected chi connectivity index (χ4v) is 4.17. The number of nitro groups is 1. The normalized spacial score (nSPS) is 18.6. The molecule has 0 aliphatic carbocycles. The number of methoxy groups -OCH3 is 1. The molecule has 0 spiro atoms. The molecule has 0 N–H and O–H groups in total. The Morgan fingerprint density at radius 1 is 0.900 bits per heavy atom. The monoisotopic (exact) mass is 575 g/mol. The highest BCUT2D eigenvalue weighted by Crippen LogP contribution is 2.25. The second kappa shape index (κ2) is 17.0. The van der Waals surface area contributed by atoms with E-state index >= 15 is 0 Å². The molecule has 0 aromatic rings. The van der Waals surface area contributed by atoms with Crippen LogP contribution in [0.25, 0.3) is 0 Å². The minimum Gasteiger partial charge on any atom is -0.462 e. The van der Waals surface area contributed by atoms with Crippen molar-refractivity contribution in [1.29, 1.82) is 0 Å². The van der Waals surface area contributed by atoms with E-state index in [2.05, 4.69) is 5.10 Å². The molecular weight excluding hydrogens is 538 g/mol. The van der Waals surface area contributed by atoms with E-state index in [1.54, 1.807) is 5.01 Å². The quantitative estimate of drug-likeness (QED) is 0.0798. The molecule has 0 unspecified atom stereocenters. The summed E-state index contributed by atoms with van der Waals surface area (Å²) in [5, 5.41) is 17.7. The van der Waals surface area contributed by atoms with Crippen molar-refractivity contribution in [3.8, 4) is 0 Å². The number of rotatable bonds is 16. The Morgan fingerprint density at radius 3 is 1.95 bits per heavy atom. The van der Waals surface area contributed by atoms with Crippen molar-refractivity contribution in [1.82, 2.24) is 5.01 Å². The third kappa shape index (κ3) is 12.4. The SMILES string of the molecule is COC[C@H]1CCCN1/N=C/[C@@H](C[N+](=O)[O-])[C@@H](OC(C)=O)[C@@H](OC(C)=O)[C@@H](OC(C)=O)[C@@H](COC(C)=O)OC(C)=O. The first-order chi connectivity index (χ1) is 18.7. The fraction of sp³-hybridized carbons (Fsp3) is 0.750. The van der Waals surface area contributed by atoms with Gasteiger partial charge < -0.3 is 28.4 Å². The lowest BCUT2D eigenvalue weighted by molar-refractivity contribution is -0.487. The topological polar surface area (TPSA) is 199 Å². The van der Waals surface area contributed by atoms with Crippen LogP contribution in [0.3, 0.4) is 0 Å². The summed E-state index contributed by atoms with van der Waals surface area (Å²) in [4.78, 5) is 70.8. The van der Waals surface area contributed by atoms with Gasteiger partial charge in [0.05, 0.1) is 12.6 Å². The van der Waals surface area contributed by atoms with Crippen LogP contribution < -0.4 is 0 Å². The fourth-order valence-electron chi connectivity index (χ4n) is 4.17. The smallest absolute Gasteiger partial charge is 0.303 e. The van der Waals surface area contributed by atoms with E-state index in [-0.39, 0.29) is 6.04 Å². The van der Waals surface area contributed by atoms with Crippen molar-refractivity contribution in [2.75, 3.05) is 33.4 Å². The largest absolute Gasteiger partial charge is 0.462 e. The van der Waals surface area contributed by atoms with Crippen LogP contribution in [-0.4, -0.2) is 110 Å². The maximum atomic E-state index is 12.2. The van der Waals surface area contributed by atoms with Gasteiger partial charge in [-0.15, -0.1) is 0 Å². The van der Waals surface area contributed by atoms with Crippen molar-refractivity contribution in [3.05, 3.63) is 10.1 Å². The van der Waals surface area contributed by atoms with Crippen molar-refractivity contribution < 1.29 is 57.3 Å². The number of hydrogen-bond acceptors (Lipinski definition) is 15. The highest BCUT2D eigenvalue weighted by Gasteiger charge is 2.47. The van der Waals surface area contributed by atoms with Gasteiger partial charge >= 0.3 is 29.8 Å². The van der Waals surface area contributed by atoms with Gasteiger partial charge in [0.15, 0.2) is 24.4 Å². The average Bonchev–Trinajstić information content (AvgIpc) is 3.26. The molecule has 1 aliphatic rings. The minimum atomic E-state index is -1.75. The Balaban J connectivity index is 3.67. The number of carbonyl (C=O) groups is 5. The van der Waals surface area contributed by atoms with Crippen LogP contribution in [0.4, 0.5) is 0 Å². The van der Waals surface area contributed by atoms with Gasteiger partial charge in [0, 0.05) is 59.4 Å². The van der Waals surface area contributed by atoms with Crippen LogP contribution in [0, 0.1) is 16.0 Å².